The molecule has 0 heterocycles. The van der Waals surface area contributed by atoms with Crippen LogP contribution in [0.5, 0.6) is 11.5 Å². The van der Waals surface area contributed by atoms with Crippen LogP contribution in [0.1, 0.15) is 12.5 Å². The Kier molecular flexibility index (Phi) is 5.70. The molecule has 0 aliphatic heterocycles. The van der Waals surface area contributed by atoms with E-state index in [-0.39, 0.29) is 33.0 Å². The van der Waals surface area contributed by atoms with Crippen LogP contribution < -0.4 is 4.74 Å². The summed E-state index contributed by atoms with van der Waals surface area (Å²) in [6.07, 6.45) is -0.00761. The van der Waals surface area contributed by atoms with Crippen molar-refractivity contribution >= 4 is 37.4 Å². The van der Waals surface area contributed by atoms with Crippen LogP contribution in [0.15, 0.2) is 39.7 Å². The van der Waals surface area contributed by atoms with Crippen molar-refractivity contribution in [3.63, 3.8) is 0 Å². The van der Waals surface area contributed by atoms with E-state index in [0.29, 0.717) is 0 Å². The Balaban J connectivity index is 2.54. The summed E-state index contributed by atoms with van der Waals surface area (Å²) in [7, 11) is -5.51. The molecule has 0 bridgehead atoms. The van der Waals surface area contributed by atoms with Crippen LogP contribution in [0.4, 0.5) is 17.6 Å². The molecule has 0 N–H and O–H groups in total. The van der Waals surface area contributed by atoms with Gasteiger partial charge in [0.1, 0.15) is 17.3 Å². The summed E-state index contributed by atoms with van der Waals surface area (Å²) in [5.74, 6) is -0.621. The Labute approximate surface area is 154 Å². The van der Waals surface area contributed by atoms with Gasteiger partial charge in [-0.3, -0.25) is 0 Å². The normalized spacial score (nSPS) is 12.3. The fourth-order valence-electron chi connectivity index (χ4n) is 2.08. The lowest BCUT2D eigenvalue weighted by Gasteiger charge is -2.16. The Morgan fingerprint density at radius 1 is 1.20 bits per heavy atom. The number of ether oxygens (including phenoxy) is 1. The topological polar surface area (TPSA) is 43.4 Å². The van der Waals surface area contributed by atoms with Gasteiger partial charge in [-0.2, -0.15) is 13.2 Å². The van der Waals surface area contributed by atoms with Crippen molar-refractivity contribution in [2.45, 2.75) is 23.7 Å². The number of alkyl halides is 3. The minimum absolute atomic E-state index is 0.00761. The molecular weight excluding hydrogens is 452 g/mol. The summed E-state index contributed by atoms with van der Waals surface area (Å²) < 4.78 is 80.6. The Morgan fingerprint density at radius 2 is 1.84 bits per heavy atom. The van der Waals surface area contributed by atoms with Crippen LogP contribution in [0.2, 0.25) is 5.02 Å². The predicted molar refractivity (Wildman–Crippen MR) is 88.2 cm³/mol. The average molecular weight is 462 g/mol. The second-order valence-corrected chi connectivity index (χ2v) is 8.00. The zero-order valence-electron chi connectivity index (χ0n) is 12.5. The van der Waals surface area contributed by atoms with E-state index in [1.54, 1.807) is 0 Å². The summed E-state index contributed by atoms with van der Waals surface area (Å²) in [4.78, 5) is -0.862. The third kappa shape index (κ3) is 4.09. The molecule has 2 aromatic carbocycles. The minimum atomic E-state index is -5.51. The zero-order valence-corrected chi connectivity index (χ0v) is 15.7. The first-order valence-electron chi connectivity index (χ1n) is 6.74. The fraction of sp³-hybridized carbons (Fsp3) is 0.200. The van der Waals surface area contributed by atoms with E-state index in [1.165, 1.54) is 13.0 Å². The first-order chi connectivity index (χ1) is 11.5. The standard InChI is InChI=1S/C15H10BrClF4O3S/c1-2-11-13(25(22,23)15(19,20)21)4-3-12(14(11)16)24-10-6-8(17)5-9(18)7-10/h3-7H,2H2,1H3. The van der Waals surface area contributed by atoms with E-state index in [4.69, 9.17) is 16.3 Å². The van der Waals surface area contributed by atoms with Crippen LogP contribution >= 0.6 is 27.5 Å². The highest BCUT2D eigenvalue weighted by atomic mass is 79.9. The second-order valence-electron chi connectivity index (χ2n) is 4.86. The van der Waals surface area contributed by atoms with Crippen LogP contribution in [-0.2, 0) is 16.3 Å². The maximum Gasteiger partial charge on any atom is 0.501 e. The first-order valence-corrected chi connectivity index (χ1v) is 9.39. The molecule has 0 unspecified atom stereocenters. The summed E-state index contributed by atoms with van der Waals surface area (Å²) in [5.41, 5.74) is -5.52. The molecule has 0 aliphatic carbocycles. The van der Waals surface area contributed by atoms with Gasteiger partial charge >= 0.3 is 5.51 Å². The zero-order chi connectivity index (χ0) is 19.0. The number of benzene rings is 2. The quantitative estimate of drug-likeness (QED) is 0.533. The molecule has 0 saturated heterocycles. The predicted octanol–water partition coefficient (Wildman–Crippen LogP) is 5.89. The number of sulfone groups is 1. The largest absolute Gasteiger partial charge is 0.501 e. The van der Waals surface area contributed by atoms with Crippen molar-refractivity contribution in [1.29, 1.82) is 0 Å². The maximum atomic E-state index is 13.3. The van der Waals surface area contributed by atoms with Crippen LogP contribution in [0.25, 0.3) is 0 Å². The van der Waals surface area contributed by atoms with Gasteiger partial charge in [-0.05, 0) is 52.2 Å². The average Bonchev–Trinajstić information content (AvgIpc) is 2.46. The van der Waals surface area contributed by atoms with Gasteiger partial charge in [-0.15, -0.1) is 0 Å². The molecule has 10 heteroatoms. The van der Waals surface area contributed by atoms with Gasteiger partial charge < -0.3 is 4.74 Å². The molecule has 0 radical (unpaired) electrons. The molecule has 0 aromatic heterocycles. The van der Waals surface area contributed by atoms with Gasteiger partial charge in [-0.25, -0.2) is 12.8 Å². The van der Waals surface area contributed by atoms with Gasteiger partial charge in [0.25, 0.3) is 9.84 Å². The molecule has 0 amide bonds. The van der Waals surface area contributed by atoms with Gasteiger partial charge in [0.2, 0.25) is 0 Å². The summed E-state index contributed by atoms with van der Waals surface area (Å²) >= 11 is 8.78. The Hall–Kier alpha value is -1.32. The van der Waals surface area contributed by atoms with Gasteiger partial charge in [-0.1, -0.05) is 18.5 Å². The summed E-state index contributed by atoms with van der Waals surface area (Å²) in [6.45, 7) is 1.50. The maximum absolute atomic E-state index is 13.3. The lowest BCUT2D eigenvalue weighted by atomic mass is 10.1. The highest BCUT2D eigenvalue weighted by Crippen LogP contribution is 2.40. The SMILES string of the molecule is CCc1c(S(=O)(=O)C(F)(F)F)ccc(Oc2cc(F)cc(Cl)c2)c1Br. The molecule has 2 aromatic rings. The van der Waals surface area contributed by atoms with E-state index >= 15 is 0 Å². The second kappa shape index (κ2) is 7.13. The molecule has 0 spiro atoms. The van der Waals surface area contributed by atoms with Gasteiger partial charge in [0.05, 0.1) is 9.37 Å². The Bertz CT molecular complexity index is 893. The summed E-state index contributed by atoms with van der Waals surface area (Å²) in [6, 6.07) is 5.26. The van der Waals surface area contributed by atoms with Crippen molar-refractivity contribution in [3.8, 4) is 11.5 Å². The smallest absolute Gasteiger partial charge is 0.456 e. The van der Waals surface area contributed by atoms with E-state index in [9.17, 15) is 26.0 Å². The van der Waals surface area contributed by atoms with Crippen LogP contribution in [-0.4, -0.2) is 13.9 Å². The molecule has 136 valence electrons. The summed E-state index contributed by atoms with van der Waals surface area (Å²) in [5, 5.41) is 0.0677. The molecular formula is C15H10BrClF4O3S. The molecule has 0 saturated carbocycles. The van der Waals surface area contributed by atoms with Gasteiger partial charge in [0.15, 0.2) is 0 Å². The monoisotopic (exact) mass is 460 g/mol. The van der Waals surface area contributed by atoms with Crippen LogP contribution in [0.3, 0.4) is 0 Å². The van der Waals surface area contributed by atoms with Crippen molar-refractivity contribution in [2.24, 2.45) is 0 Å². The number of halogens is 6. The fourth-order valence-corrected chi connectivity index (χ4v) is 4.20. The number of hydrogen-bond acceptors (Lipinski definition) is 3. The van der Waals surface area contributed by atoms with E-state index < -0.39 is 26.1 Å². The molecule has 3 nitrogen and oxygen atoms in total. The highest BCUT2D eigenvalue weighted by Gasteiger charge is 2.48. The Morgan fingerprint density at radius 3 is 2.36 bits per heavy atom. The molecule has 25 heavy (non-hydrogen) atoms. The van der Waals surface area contributed by atoms with Crippen molar-refractivity contribution in [3.05, 3.63) is 51.2 Å². The molecule has 2 rings (SSSR count). The first kappa shape index (κ1) is 20.0. The molecule has 0 fully saturated rings. The van der Waals surface area contributed by atoms with Gasteiger partial charge in [0, 0.05) is 11.1 Å². The molecule has 0 aliphatic rings. The highest BCUT2D eigenvalue weighted by molar-refractivity contribution is 9.10. The van der Waals surface area contributed by atoms with Crippen molar-refractivity contribution < 1.29 is 30.7 Å². The number of rotatable bonds is 4. The number of hydrogen-bond donors (Lipinski definition) is 0. The van der Waals surface area contributed by atoms with Crippen LogP contribution in [0, 0.1) is 5.82 Å². The van der Waals surface area contributed by atoms with E-state index in [2.05, 4.69) is 15.9 Å². The third-order valence-electron chi connectivity index (χ3n) is 3.18. The van der Waals surface area contributed by atoms with Crippen molar-refractivity contribution in [1.82, 2.24) is 0 Å². The van der Waals surface area contributed by atoms with Crippen molar-refractivity contribution in [2.75, 3.05) is 0 Å². The lowest BCUT2D eigenvalue weighted by molar-refractivity contribution is -0.0436. The minimum Gasteiger partial charge on any atom is -0.456 e. The molecule has 0 atom stereocenters. The van der Waals surface area contributed by atoms with E-state index in [1.807, 2.05) is 0 Å². The van der Waals surface area contributed by atoms with E-state index in [0.717, 1.165) is 24.3 Å². The third-order valence-corrected chi connectivity index (χ3v) is 5.84. The lowest BCUT2D eigenvalue weighted by Crippen LogP contribution is -2.24.